The second kappa shape index (κ2) is 6.77. The van der Waals surface area contributed by atoms with Crippen LogP contribution in [0.3, 0.4) is 0 Å². The summed E-state index contributed by atoms with van der Waals surface area (Å²) >= 11 is 0. The third kappa shape index (κ3) is 4.88. The fourth-order valence-corrected chi connectivity index (χ4v) is 2.03. The van der Waals surface area contributed by atoms with Gasteiger partial charge in [-0.15, -0.1) is 0 Å². The van der Waals surface area contributed by atoms with Gasteiger partial charge in [0.05, 0.1) is 12.0 Å². The van der Waals surface area contributed by atoms with Gasteiger partial charge in [-0.25, -0.2) is 4.98 Å². The van der Waals surface area contributed by atoms with E-state index in [1.54, 1.807) is 0 Å². The van der Waals surface area contributed by atoms with Gasteiger partial charge in [0, 0.05) is 31.9 Å². The van der Waals surface area contributed by atoms with Gasteiger partial charge in [0.1, 0.15) is 0 Å². The van der Waals surface area contributed by atoms with Crippen molar-refractivity contribution in [1.82, 2.24) is 14.5 Å². The Morgan fingerprint density at radius 3 is 2.71 bits per heavy atom. The minimum absolute atomic E-state index is 0.592. The zero-order valence-corrected chi connectivity index (χ0v) is 11.6. The molecular formula is C13H26N4. The summed E-state index contributed by atoms with van der Waals surface area (Å²) in [6.07, 6.45) is 5.18. The summed E-state index contributed by atoms with van der Waals surface area (Å²) < 4.78 is 2.05. The van der Waals surface area contributed by atoms with Crippen molar-refractivity contribution >= 4 is 0 Å². The molecule has 2 N–H and O–H groups in total. The van der Waals surface area contributed by atoms with Crippen LogP contribution < -0.4 is 5.73 Å². The molecule has 0 aliphatic rings. The normalized spacial score (nSPS) is 13.6. The molecule has 1 aromatic rings. The highest BCUT2D eigenvalue weighted by atomic mass is 15.1. The van der Waals surface area contributed by atoms with E-state index < -0.39 is 0 Å². The fourth-order valence-electron chi connectivity index (χ4n) is 2.03. The van der Waals surface area contributed by atoms with Gasteiger partial charge in [-0.3, -0.25) is 4.90 Å². The largest absolute Gasteiger partial charge is 0.336 e. The Kier molecular flexibility index (Phi) is 5.65. The first-order valence-corrected chi connectivity index (χ1v) is 6.44. The molecule has 0 aliphatic carbocycles. The number of hydrogen-bond acceptors (Lipinski definition) is 3. The van der Waals surface area contributed by atoms with Crippen LogP contribution in [0.25, 0.3) is 0 Å². The maximum atomic E-state index is 5.52. The molecule has 0 spiro atoms. The second-order valence-corrected chi connectivity index (χ2v) is 5.29. The molecule has 4 heteroatoms. The predicted octanol–water partition coefficient (Wildman–Crippen LogP) is 1.71. The van der Waals surface area contributed by atoms with E-state index in [0.717, 1.165) is 24.7 Å². The first-order chi connectivity index (χ1) is 8.02. The lowest BCUT2D eigenvalue weighted by molar-refractivity contribution is 0.218. The van der Waals surface area contributed by atoms with E-state index in [4.69, 9.17) is 5.73 Å². The molecular weight excluding hydrogens is 212 g/mol. The van der Waals surface area contributed by atoms with Crippen LogP contribution in [0, 0.1) is 5.92 Å². The van der Waals surface area contributed by atoms with Gasteiger partial charge < -0.3 is 10.3 Å². The van der Waals surface area contributed by atoms with Crippen LogP contribution in [0.2, 0.25) is 0 Å². The van der Waals surface area contributed by atoms with Gasteiger partial charge in [-0.1, -0.05) is 13.8 Å². The molecule has 0 radical (unpaired) electrons. The molecule has 0 aromatic carbocycles. The summed E-state index contributed by atoms with van der Waals surface area (Å²) in [6, 6.07) is 0.592. The van der Waals surface area contributed by atoms with Crippen molar-refractivity contribution < 1.29 is 0 Å². The number of rotatable bonds is 7. The monoisotopic (exact) mass is 238 g/mol. The van der Waals surface area contributed by atoms with Gasteiger partial charge in [-0.05, 0) is 26.3 Å². The van der Waals surface area contributed by atoms with Crippen molar-refractivity contribution in [3.63, 3.8) is 0 Å². The van der Waals surface area contributed by atoms with Gasteiger partial charge in [0.15, 0.2) is 0 Å². The van der Waals surface area contributed by atoms with Crippen LogP contribution >= 0.6 is 0 Å². The molecule has 1 aromatic heterocycles. The predicted molar refractivity (Wildman–Crippen MR) is 71.7 cm³/mol. The zero-order valence-electron chi connectivity index (χ0n) is 11.6. The van der Waals surface area contributed by atoms with Gasteiger partial charge in [-0.2, -0.15) is 0 Å². The van der Waals surface area contributed by atoms with E-state index in [-0.39, 0.29) is 0 Å². The fraction of sp³-hybridized carbons (Fsp3) is 0.769. The Bertz CT molecular complexity index is 319. The molecule has 17 heavy (non-hydrogen) atoms. The van der Waals surface area contributed by atoms with Crippen molar-refractivity contribution in [3.05, 3.63) is 18.2 Å². The standard InChI is InChI=1S/C13H26N4/c1-11(2)7-12(3)16(4)8-13-9-17(6-5-14)10-15-13/h9-12H,5-8,14H2,1-4H3. The average Bonchev–Trinajstić information content (AvgIpc) is 2.65. The van der Waals surface area contributed by atoms with Crippen LogP contribution in [0.15, 0.2) is 12.5 Å². The van der Waals surface area contributed by atoms with Gasteiger partial charge >= 0.3 is 0 Å². The summed E-state index contributed by atoms with van der Waals surface area (Å²) in [5.41, 5.74) is 6.64. The van der Waals surface area contributed by atoms with Crippen molar-refractivity contribution in [2.24, 2.45) is 11.7 Å². The summed E-state index contributed by atoms with van der Waals surface area (Å²) in [6.45, 7) is 9.22. The van der Waals surface area contributed by atoms with E-state index >= 15 is 0 Å². The molecule has 1 rings (SSSR count). The van der Waals surface area contributed by atoms with Crippen molar-refractivity contribution in [2.45, 2.75) is 46.3 Å². The molecule has 1 atom stereocenters. The molecule has 4 nitrogen and oxygen atoms in total. The Morgan fingerprint density at radius 2 is 2.12 bits per heavy atom. The Balaban J connectivity index is 2.46. The average molecular weight is 238 g/mol. The number of hydrogen-bond donors (Lipinski definition) is 1. The zero-order chi connectivity index (χ0) is 12.8. The highest BCUT2D eigenvalue weighted by molar-refractivity contribution is 4.96. The summed E-state index contributed by atoms with van der Waals surface area (Å²) in [5, 5.41) is 0. The topological polar surface area (TPSA) is 47.1 Å². The Labute approximate surface area is 105 Å². The van der Waals surface area contributed by atoms with Crippen LogP contribution in [0.4, 0.5) is 0 Å². The number of nitrogens with zero attached hydrogens (tertiary/aromatic N) is 3. The molecule has 0 saturated carbocycles. The summed E-state index contributed by atoms with van der Waals surface area (Å²) in [4.78, 5) is 6.76. The molecule has 0 bridgehead atoms. The first-order valence-electron chi connectivity index (χ1n) is 6.44. The molecule has 0 saturated heterocycles. The summed E-state index contributed by atoms with van der Waals surface area (Å²) in [7, 11) is 2.16. The minimum Gasteiger partial charge on any atom is -0.336 e. The minimum atomic E-state index is 0.592. The van der Waals surface area contributed by atoms with Crippen LogP contribution in [-0.4, -0.2) is 34.1 Å². The molecule has 1 unspecified atom stereocenters. The van der Waals surface area contributed by atoms with E-state index in [0.29, 0.717) is 12.6 Å². The maximum absolute atomic E-state index is 5.52. The Morgan fingerprint density at radius 1 is 1.41 bits per heavy atom. The van der Waals surface area contributed by atoms with Crippen LogP contribution in [0.1, 0.15) is 32.9 Å². The lowest BCUT2D eigenvalue weighted by Gasteiger charge is -2.25. The number of aromatic nitrogens is 2. The SMILES string of the molecule is CC(C)CC(C)N(C)Cc1cn(CCN)cn1. The van der Waals surface area contributed by atoms with E-state index in [1.807, 2.05) is 6.33 Å². The third-order valence-electron chi connectivity index (χ3n) is 3.05. The molecule has 0 amide bonds. The number of imidazole rings is 1. The summed E-state index contributed by atoms with van der Waals surface area (Å²) in [5.74, 6) is 0.738. The van der Waals surface area contributed by atoms with Gasteiger partial charge in [0.25, 0.3) is 0 Å². The van der Waals surface area contributed by atoms with Crippen molar-refractivity contribution in [3.8, 4) is 0 Å². The lowest BCUT2D eigenvalue weighted by atomic mass is 10.0. The lowest BCUT2D eigenvalue weighted by Crippen LogP contribution is -2.29. The maximum Gasteiger partial charge on any atom is 0.0950 e. The highest BCUT2D eigenvalue weighted by Gasteiger charge is 2.12. The van der Waals surface area contributed by atoms with Gasteiger partial charge in [0.2, 0.25) is 0 Å². The third-order valence-corrected chi connectivity index (χ3v) is 3.05. The quantitative estimate of drug-likeness (QED) is 0.786. The Hall–Kier alpha value is -0.870. The van der Waals surface area contributed by atoms with Crippen LogP contribution in [-0.2, 0) is 13.1 Å². The molecule has 0 fully saturated rings. The van der Waals surface area contributed by atoms with E-state index in [9.17, 15) is 0 Å². The van der Waals surface area contributed by atoms with Crippen molar-refractivity contribution in [2.75, 3.05) is 13.6 Å². The highest BCUT2D eigenvalue weighted by Crippen LogP contribution is 2.12. The smallest absolute Gasteiger partial charge is 0.0950 e. The molecule has 1 heterocycles. The number of nitrogens with two attached hydrogens (primary N) is 1. The van der Waals surface area contributed by atoms with Crippen molar-refractivity contribution in [1.29, 1.82) is 0 Å². The van der Waals surface area contributed by atoms with Crippen LogP contribution in [0.5, 0.6) is 0 Å². The second-order valence-electron chi connectivity index (χ2n) is 5.29. The first kappa shape index (κ1) is 14.2. The van der Waals surface area contributed by atoms with E-state index in [1.165, 1.54) is 6.42 Å². The molecule has 98 valence electrons. The molecule has 0 aliphatic heterocycles. The van der Waals surface area contributed by atoms with E-state index in [2.05, 4.69) is 48.5 Å².